The minimum atomic E-state index is 0. The number of imidazole rings is 1. The number of hydrogen-bond acceptors (Lipinski definition) is 5. The van der Waals surface area contributed by atoms with E-state index in [1.165, 1.54) is 0 Å². The van der Waals surface area contributed by atoms with E-state index in [1.54, 1.807) is 17.7 Å². The molecule has 3 aromatic carbocycles. The van der Waals surface area contributed by atoms with Crippen LogP contribution >= 0.6 is 11.5 Å². The van der Waals surface area contributed by atoms with E-state index >= 15 is 0 Å². The number of nitrogens with zero attached hydrogens (tertiary/aromatic N) is 4. The van der Waals surface area contributed by atoms with Crippen LogP contribution in [-0.2, 0) is 20.1 Å². The summed E-state index contributed by atoms with van der Waals surface area (Å²) >= 11 is 1.63. The summed E-state index contributed by atoms with van der Waals surface area (Å²) < 4.78 is 8.22. The Labute approximate surface area is 235 Å². The van der Waals surface area contributed by atoms with Gasteiger partial charge in [0.25, 0.3) is 0 Å². The number of benzene rings is 3. The molecule has 0 N–H and O–H groups in total. The second kappa shape index (κ2) is 10.3. The Balaban J connectivity index is 0.000000172. The maximum atomic E-state index is 6.11. The summed E-state index contributed by atoms with van der Waals surface area (Å²) in [4.78, 5) is 13.4. The molecule has 5 aromatic heterocycles. The fourth-order valence-corrected chi connectivity index (χ4v) is 5.21. The van der Waals surface area contributed by atoms with E-state index in [-0.39, 0.29) is 20.1 Å². The maximum absolute atomic E-state index is 6.11. The third-order valence-corrected chi connectivity index (χ3v) is 7.00. The third kappa shape index (κ3) is 4.31. The van der Waals surface area contributed by atoms with Crippen molar-refractivity contribution in [2.75, 3.05) is 0 Å². The van der Waals surface area contributed by atoms with Gasteiger partial charge in [-0.25, -0.2) is 8.77 Å². The largest absolute Gasteiger partial charge is 0.501 e. The van der Waals surface area contributed by atoms with Gasteiger partial charge in [-0.2, -0.15) is 0 Å². The third-order valence-electron chi connectivity index (χ3n) is 6.15. The summed E-state index contributed by atoms with van der Waals surface area (Å²) in [5.41, 5.74) is 8.33. The van der Waals surface area contributed by atoms with Crippen molar-refractivity contribution in [1.29, 1.82) is 0 Å². The van der Waals surface area contributed by atoms with Crippen LogP contribution in [-0.4, -0.2) is 18.7 Å². The van der Waals surface area contributed by atoms with Crippen molar-refractivity contribution < 1.29 is 24.5 Å². The van der Waals surface area contributed by atoms with Gasteiger partial charge in [0, 0.05) is 43.3 Å². The molecule has 7 heteroatoms. The summed E-state index contributed by atoms with van der Waals surface area (Å²) in [5.74, 6) is 0. The van der Waals surface area contributed by atoms with E-state index in [9.17, 15) is 0 Å². The van der Waals surface area contributed by atoms with E-state index in [4.69, 9.17) is 4.42 Å². The number of aromatic nitrogens is 4. The molecule has 0 aliphatic rings. The number of para-hydroxylation sites is 1. The molecule has 0 unspecified atom stereocenters. The average molecular weight is 687 g/mol. The van der Waals surface area contributed by atoms with Gasteiger partial charge in [0.15, 0.2) is 0 Å². The van der Waals surface area contributed by atoms with Crippen LogP contribution in [0.3, 0.4) is 0 Å². The fraction of sp³-hybridized carbons (Fsp3) is 0. The molecule has 0 aliphatic heterocycles. The number of pyridine rings is 2. The van der Waals surface area contributed by atoms with Crippen molar-refractivity contribution >= 4 is 50.2 Å². The summed E-state index contributed by atoms with van der Waals surface area (Å²) in [6, 6.07) is 36.2. The quantitative estimate of drug-likeness (QED) is 0.174. The van der Waals surface area contributed by atoms with E-state index in [0.29, 0.717) is 0 Å². The normalized spacial score (nSPS) is 10.9. The van der Waals surface area contributed by atoms with Gasteiger partial charge in [0.2, 0.25) is 0 Å². The monoisotopic (exact) mass is 687 g/mol. The van der Waals surface area contributed by atoms with Gasteiger partial charge in [-0.3, -0.25) is 0 Å². The number of rotatable bonds is 2. The van der Waals surface area contributed by atoms with Gasteiger partial charge in [-0.1, -0.05) is 58.9 Å². The molecule has 0 saturated heterocycles. The van der Waals surface area contributed by atoms with Crippen molar-refractivity contribution in [2.45, 2.75) is 0 Å². The standard InChI is InChI=1S/C20H10N3OS.C11H8N.Ir/c1-2-7-18-12(4-1)13-5-3-6-14(20(13)24-18)15-10-17-16(11-21-15)22-19-8-9-25-23(17)19;1-2-6-10(7-3-1)11-8-4-5-9-12-11;/h1-5,7-11H;1-6,8-9H;/q2*-1;. The molecule has 0 fully saturated rings. The summed E-state index contributed by atoms with van der Waals surface area (Å²) in [7, 11) is 0. The van der Waals surface area contributed by atoms with Crippen LogP contribution in [0.15, 0.2) is 113 Å². The first-order valence-electron chi connectivity index (χ1n) is 11.8. The first-order valence-corrected chi connectivity index (χ1v) is 12.6. The number of fused-ring (bicyclic) bond motifs is 6. The van der Waals surface area contributed by atoms with Crippen molar-refractivity contribution in [3.05, 3.63) is 121 Å². The van der Waals surface area contributed by atoms with E-state index < -0.39 is 0 Å². The molecule has 5 nitrogen and oxygen atoms in total. The Bertz CT molecular complexity index is 1960. The molecule has 0 bridgehead atoms. The van der Waals surface area contributed by atoms with Crippen LogP contribution in [0.5, 0.6) is 0 Å². The molecule has 1 radical (unpaired) electrons. The minimum Gasteiger partial charge on any atom is -0.501 e. The molecule has 0 saturated carbocycles. The second-order valence-electron chi connectivity index (χ2n) is 8.42. The zero-order chi connectivity index (χ0) is 24.6. The molecule has 0 atom stereocenters. The molecule has 0 amide bonds. The molecule has 5 heterocycles. The van der Waals surface area contributed by atoms with E-state index in [2.05, 4.69) is 43.0 Å². The van der Waals surface area contributed by atoms with Gasteiger partial charge in [-0.15, -0.1) is 54.1 Å². The Morgan fingerprint density at radius 3 is 2.55 bits per heavy atom. The van der Waals surface area contributed by atoms with Crippen molar-refractivity contribution in [3.63, 3.8) is 0 Å². The Kier molecular flexibility index (Phi) is 6.56. The van der Waals surface area contributed by atoms with Crippen LogP contribution in [0, 0.1) is 12.1 Å². The Hall–Kier alpha value is -4.16. The average Bonchev–Trinajstić information content (AvgIpc) is 3.67. The van der Waals surface area contributed by atoms with Gasteiger partial charge >= 0.3 is 0 Å². The minimum absolute atomic E-state index is 0. The van der Waals surface area contributed by atoms with Crippen molar-refractivity contribution in [1.82, 2.24) is 18.7 Å². The van der Waals surface area contributed by atoms with Crippen LogP contribution in [0.25, 0.3) is 61.1 Å². The van der Waals surface area contributed by atoms with Crippen LogP contribution in [0.2, 0.25) is 0 Å². The van der Waals surface area contributed by atoms with Crippen LogP contribution in [0.1, 0.15) is 0 Å². The topological polar surface area (TPSA) is 56.2 Å². The predicted molar refractivity (Wildman–Crippen MR) is 148 cm³/mol. The van der Waals surface area contributed by atoms with E-state index in [0.717, 1.165) is 61.1 Å². The first-order chi connectivity index (χ1) is 18.3. The number of hydrogen-bond donors (Lipinski definition) is 0. The van der Waals surface area contributed by atoms with Crippen LogP contribution < -0.4 is 0 Å². The molecular weight excluding hydrogens is 669 g/mol. The molecule has 0 aliphatic carbocycles. The Morgan fingerprint density at radius 1 is 0.789 bits per heavy atom. The smallest absolute Gasteiger partial charge is 0.148 e. The first kappa shape index (κ1) is 24.2. The number of furan rings is 1. The summed E-state index contributed by atoms with van der Waals surface area (Å²) in [5, 5.41) is 4.23. The molecule has 8 aromatic rings. The zero-order valence-corrected chi connectivity index (χ0v) is 23.0. The fourth-order valence-electron chi connectivity index (χ4n) is 4.44. The molecular formula is C31H18IrN4OS-2. The molecule has 38 heavy (non-hydrogen) atoms. The van der Waals surface area contributed by atoms with E-state index in [1.807, 2.05) is 90.4 Å². The van der Waals surface area contributed by atoms with Gasteiger partial charge in [0.1, 0.15) is 16.7 Å². The molecule has 8 rings (SSSR count). The molecule has 185 valence electrons. The predicted octanol–water partition coefficient (Wildman–Crippen LogP) is 7.86. The zero-order valence-electron chi connectivity index (χ0n) is 19.8. The van der Waals surface area contributed by atoms with Gasteiger partial charge in [-0.05, 0) is 29.6 Å². The molecule has 0 spiro atoms. The van der Waals surface area contributed by atoms with Gasteiger partial charge in [0.05, 0.1) is 11.1 Å². The van der Waals surface area contributed by atoms with Gasteiger partial charge < -0.3 is 14.4 Å². The maximum Gasteiger partial charge on any atom is 0.148 e. The van der Waals surface area contributed by atoms with Crippen molar-refractivity contribution in [3.8, 4) is 22.5 Å². The van der Waals surface area contributed by atoms with Crippen molar-refractivity contribution in [2.24, 2.45) is 0 Å². The SMILES string of the molecule is [Ir].[c-]1ccc2c(oc3ccccc32)c1-c1cc2c(cn1)nc1ccsn12.[c-]1ccccc1-c1ccccn1. The summed E-state index contributed by atoms with van der Waals surface area (Å²) in [6.45, 7) is 0. The Morgan fingerprint density at radius 2 is 1.68 bits per heavy atom. The second-order valence-corrected chi connectivity index (χ2v) is 9.26. The van der Waals surface area contributed by atoms with Crippen LogP contribution in [0.4, 0.5) is 0 Å². The summed E-state index contributed by atoms with van der Waals surface area (Å²) in [6.07, 6.45) is 3.61.